The largest absolute Gasteiger partial charge is 0.370 e. The van der Waals surface area contributed by atoms with Crippen LogP contribution in [0.2, 0.25) is 10.0 Å². The number of halogens is 2. The van der Waals surface area contributed by atoms with Gasteiger partial charge in [0.1, 0.15) is 0 Å². The maximum atomic E-state index is 11.8. The Morgan fingerprint density at radius 1 is 1.04 bits per heavy atom. The average Bonchev–Trinajstić information content (AvgIpc) is 2.44. The number of nitrogens with zero attached hydrogens (tertiary/aromatic N) is 1. The molecule has 2 rings (SSSR count). The van der Waals surface area contributed by atoms with Gasteiger partial charge in [0.2, 0.25) is 0 Å². The number of carbonyl (C=O) groups is 1. The second-order valence-corrected chi connectivity index (χ2v) is 7.15. The summed E-state index contributed by atoms with van der Waals surface area (Å²) in [6.07, 6.45) is 0.715. The molecule has 0 heterocycles. The van der Waals surface area contributed by atoms with E-state index in [1.807, 2.05) is 6.07 Å². The van der Waals surface area contributed by atoms with Gasteiger partial charge in [0.05, 0.1) is 6.26 Å². The number of aliphatic imine (C=N–C) groups is 1. The summed E-state index contributed by atoms with van der Waals surface area (Å²) in [5, 5.41) is 1.04. The van der Waals surface area contributed by atoms with Crippen molar-refractivity contribution >= 4 is 45.2 Å². The van der Waals surface area contributed by atoms with Gasteiger partial charge in [-0.2, -0.15) is 13.4 Å². The number of rotatable bonds is 2. The molecular formula is C15H15Cl2N3O4S. The highest BCUT2D eigenvalue weighted by atomic mass is 35.5. The SMILES string of the molecule is CS(=O)(=O)O.NC(N)=NC(=O)c1cccc(-c2cc(Cl)cc(Cl)c2)c1. The van der Waals surface area contributed by atoms with E-state index in [2.05, 4.69) is 4.99 Å². The molecule has 0 aliphatic heterocycles. The van der Waals surface area contributed by atoms with Crippen molar-refractivity contribution < 1.29 is 17.8 Å². The number of carbonyl (C=O) groups excluding carboxylic acids is 1. The summed E-state index contributed by atoms with van der Waals surface area (Å²) < 4.78 is 25.9. The minimum atomic E-state index is -3.67. The van der Waals surface area contributed by atoms with E-state index < -0.39 is 16.0 Å². The van der Waals surface area contributed by atoms with Gasteiger partial charge in [-0.15, -0.1) is 0 Å². The van der Waals surface area contributed by atoms with Crippen LogP contribution in [0.15, 0.2) is 47.5 Å². The Balaban J connectivity index is 0.000000550. The van der Waals surface area contributed by atoms with Crippen LogP contribution in [0, 0.1) is 0 Å². The van der Waals surface area contributed by atoms with Crippen LogP contribution in [0.3, 0.4) is 0 Å². The molecule has 0 aliphatic rings. The first-order valence-electron chi connectivity index (χ1n) is 6.58. The highest BCUT2D eigenvalue weighted by Crippen LogP contribution is 2.27. The molecule has 2 aromatic rings. The quantitative estimate of drug-likeness (QED) is 0.400. The number of nitrogens with two attached hydrogens (primary N) is 2. The van der Waals surface area contributed by atoms with E-state index in [4.69, 9.17) is 39.2 Å². The number of benzene rings is 2. The topological polar surface area (TPSA) is 136 Å². The predicted molar refractivity (Wildman–Crippen MR) is 99.5 cm³/mol. The molecule has 0 fully saturated rings. The fourth-order valence-corrected chi connectivity index (χ4v) is 2.26. The summed E-state index contributed by atoms with van der Waals surface area (Å²) >= 11 is 11.9. The minimum absolute atomic E-state index is 0.272. The lowest BCUT2D eigenvalue weighted by Crippen LogP contribution is -2.24. The van der Waals surface area contributed by atoms with Gasteiger partial charge in [0.25, 0.3) is 16.0 Å². The first-order valence-corrected chi connectivity index (χ1v) is 9.19. The molecule has 0 saturated heterocycles. The van der Waals surface area contributed by atoms with Crippen LogP contribution in [0.4, 0.5) is 0 Å². The van der Waals surface area contributed by atoms with E-state index in [-0.39, 0.29) is 5.96 Å². The van der Waals surface area contributed by atoms with Gasteiger partial charge in [-0.05, 0) is 41.5 Å². The smallest absolute Gasteiger partial charge is 0.280 e. The van der Waals surface area contributed by atoms with E-state index in [9.17, 15) is 13.2 Å². The van der Waals surface area contributed by atoms with Crippen molar-refractivity contribution in [2.75, 3.05) is 6.26 Å². The van der Waals surface area contributed by atoms with Crippen molar-refractivity contribution in [1.29, 1.82) is 0 Å². The first-order chi connectivity index (χ1) is 11.5. The van der Waals surface area contributed by atoms with Gasteiger partial charge < -0.3 is 11.5 Å². The molecule has 0 unspecified atom stereocenters. The molecule has 5 N–H and O–H groups in total. The molecule has 0 aliphatic carbocycles. The summed E-state index contributed by atoms with van der Waals surface area (Å²) in [7, 11) is -3.67. The first kappa shape index (κ1) is 20.9. The molecule has 0 bridgehead atoms. The summed E-state index contributed by atoms with van der Waals surface area (Å²) in [5.41, 5.74) is 12.4. The van der Waals surface area contributed by atoms with Crippen LogP contribution in [0.25, 0.3) is 11.1 Å². The van der Waals surface area contributed by atoms with Crippen molar-refractivity contribution in [1.82, 2.24) is 0 Å². The average molecular weight is 404 g/mol. The minimum Gasteiger partial charge on any atom is -0.370 e. The lowest BCUT2D eigenvalue weighted by atomic mass is 10.0. The Kier molecular flexibility index (Phi) is 7.38. The molecule has 10 heteroatoms. The molecule has 0 spiro atoms. The molecule has 0 radical (unpaired) electrons. The van der Waals surface area contributed by atoms with Gasteiger partial charge >= 0.3 is 0 Å². The molecule has 25 heavy (non-hydrogen) atoms. The van der Waals surface area contributed by atoms with E-state index in [0.717, 1.165) is 11.1 Å². The fourth-order valence-electron chi connectivity index (χ4n) is 1.73. The third-order valence-corrected chi connectivity index (χ3v) is 2.97. The summed E-state index contributed by atoms with van der Waals surface area (Å²) in [5.74, 6) is -0.772. The molecular weight excluding hydrogens is 389 g/mol. The van der Waals surface area contributed by atoms with Crippen molar-refractivity contribution in [3.05, 3.63) is 58.1 Å². The fraction of sp³-hybridized carbons (Fsp3) is 0.0667. The number of hydrogen-bond acceptors (Lipinski definition) is 3. The van der Waals surface area contributed by atoms with E-state index in [1.54, 1.807) is 36.4 Å². The van der Waals surface area contributed by atoms with Gasteiger partial charge in [0, 0.05) is 15.6 Å². The van der Waals surface area contributed by atoms with Crippen molar-refractivity contribution in [2.24, 2.45) is 16.5 Å². The maximum Gasteiger partial charge on any atom is 0.280 e. The zero-order chi connectivity index (χ0) is 19.2. The third kappa shape index (κ3) is 8.50. The zero-order valence-corrected chi connectivity index (χ0v) is 15.3. The molecule has 134 valence electrons. The summed E-state index contributed by atoms with van der Waals surface area (Å²) in [6.45, 7) is 0. The molecule has 7 nitrogen and oxygen atoms in total. The maximum absolute atomic E-state index is 11.8. The number of hydrogen-bond donors (Lipinski definition) is 3. The number of guanidine groups is 1. The van der Waals surface area contributed by atoms with Crippen LogP contribution in [-0.2, 0) is 10.1 Å². The number of amides is 1. The highest BCUT2D eigenvalue weighted by Gasteiger charge is 2.07. The molecule has 2 aromatic carbocycles. The lowest BCUT2D eigenvalue weighted by Gasteiger charge is -2.05. The monoisotopic (exact) mass is 403 g/mol. The third-order valence-electron chi connectivity index (χ3n) is 2.54. The predicted octanol–water partition coefficient (Wildman–Crippen LogP) is 2.58. The Morgan fingerprint density at radius 3 is 2.04 bits per heavy atom. The lowest BCUT2D eigenvalue weighted by molar-refractivity contribution is 0.100. The summed E-state index contributed by atoms with van der Waals surface area (Å²) in [6, 6.07) is 12.0. The van der Waals surface area contributed by atoms with E-state index in [0.29, 0.717) is 21.9 Å². The molecule has 1 amide bonds. The van der Waals surface area contributed by atoms with Crippen molar-refractivity contribution in [3.63, 3.8) is 0 Å². The Morgan fingerprint density at radius 2 is 1.56 bits per heavy atom. The van der Waals surface area contributed by atoms with Gasteiger partial charge in [0.15, 0.2) is 5.96 Å². The van der Waals surface area contributed by atoms with Crippen molar-refractivity contribution in [3.8, 4) is 11.1 Å². The Hall–Kier alpha value is -2.13. The van der Waals surface area contributed by atoms with Crippen LogP contribution < -0.4 is 11.5 Å². The molecule has 0 saturated carbocycles. The van der Waals surface area contributed by atoms with Gasteiger partial charge in [-0.3, -0.25) is 9.35 Å². The van der Waals surface area contributed by atoms with Crippen LogP contribution in [-0.4, -0.2) is 31.1 Å². The van der Waals surface area contributed by atoms with Crippen molar-refractivity contribution in [2.45, 2.75) is 0 Å². The van der Waals surface area contributed by atoms with Gasteiger partial charge in [-0.1, -0.05) is 35.3 Å². The summed E-state index contributed by atoms with van der Waals surface area (Å²) in [4.78, 5) is 15.3. The van der Waals surface area contributed by atoms with E-state index in [1.165, 1.54) is 0 Å². The molecule has 0 atom stereocenters. The Labute approximate surface area is 155 Å². The zero-order valence-electron chi connectivity index (χ0n) is 13.0. The van der Waals surface area contributed by atoms with Crippen LogP contribution in [0.5, 0.6) is 0 Å². The van der Waals surface area contributed by atoms with Gasteiger partial charge in [-0.25, -0.2) is 0 Å². The standard InChI is InChI=1S/C14H11Cl2N3O.CH4O3S/c15-11-5-10(6-12(16)7-11)8-2-1-3-9(4-8)13(20)19-14(17)18;1-5(2,3)4/h1-7H,(H4,17,18,19,20);1H3,(H,2,3,4). The normalized spacial score (nSPS) is 10.4. The molecule has 0 aromatic heterocycles. The van der Waals surface area contributed by atoms with Crippen LogP contribution >= 0.6 is 23.2 Å². The Bertz CT molecular complexity index is 882. The van der Waals surface area contributed by atoms with E-state index >= 15 is 0 Å². The highest BCUT2D eigenvalue weighted by molar-refractivity contribution is 7.85. The second kappa shape index (κ2) is 8.82. The van der Waals surface area contributed by atoms with Crippen LogP contribution in [0.1, 0.15) is 10.4 Å². The second-order valence-electron chi connectivity index (χ2n) is 4.81.